The average molecular weight is 489 g/mol. The van der Waals surface area contributed by atoms with Crippen LogP contribution >= 0.6 is 0 Å². The topological polar surface area (TPSA) is 54.7 Å². The van der Waals surface area contributed by atoms with E-state index in [-0.39, 0.29) is 18.4 Å². The van der Waals surface area contributed by atoms with Gasteiger partial charge in [0.1, 0.15) is 12.7 Å². The van der Waals surface area contributed by atoms with E-state index in [9.17, 15) is 18.0 Å². The summed E-state index contributed by atoms with van der Waals surface area (Å²) in [4.78, 5) is 19.7. The van der Waals surface area contributed by atoms with Crippen molar-refractivity contribution < 1.29 is 32.3 Å². The Labute approximate surface area is 201 Å². The molecule has 1 aromatic heterocycles. The van der Waals surface area contributed by atoms with Gasteiger partial charge in [0.15, 0.2) is 0 Å². The number of alkyl halides is 3. The maximum Gasteiger partial charge on any atom is 0.422 e. The van der Waals surface area contributed by atoms with Crippen molar-refractivity contribution in [3.63, 3.8) is 0 Å². The number of rotatable bonds is 7. The fourth-order valence-corrected chi connectivity index (χ4v) is 4.41. The van der Waals surface area contributed by atoms with Crippen molar-refractivity contribution in [1.29, 1.82) is 0 Å². The summed E-state index contributed by atoms with van der Waals surface area (Å²) in [5, 5.41) is 3.56. The van der Waals surface area contributed by atoms with Gasteiger partial charge in [-0.25, -0.2) is 0 Å². The Morgan fingerprint density at radius 3 is 2.71 bits per heavy atom. The highest BCUT2D eigenvalue weighted by Crippen LogP contribution is 2.30. The third kappa shape index (κ3) is 7.83. The molecule has 0 aliphatic carbocycles. The highest BCUT2D eigenvalue weighted by molar-refractivity contribution is 5.78. The molecule has 3 rings (SSSR count). The minimum atomic E-state index is -4.47. The van der Waals surface area contributed by atoms with Gasteiger partial charge in [0.25, 0.3) is 0 Å². The van der Waals surface area contributed by atoms with Crippen LogP contribution in [0.15, 0.2) is 12.3 Å². The van der Waals surface area contributed by atoms with Gasteiger partial charge in [-0.3, -0.25) is 9.63 Å². The number of ether oxygens (including phenoxy) is 1. The maximum atomic E-state index is 13.2. The maximum absolute atomic E-state index is 13.2. The zero-order valence-corrected chi connectivity index (χ0v) is 21.2. The van der Waals surface area contributed by atoms with Crippen molar-refractivity contribution >= 4 is 5.91 Å². The molecular formula is C25H41F3N3O3+. The van der Waals surface area contributed by atoms with Crippen LogP contribution in [0.3, 0.4) is 0 Å². The number of pyridine rings is 1. The second kappa shape index (κ2) is 13.3. The predicted molar refractivity (Wildman–Crippen MR) is 124 cm³/mol. The normalized spacial score (nSPS) is 21.2. The molecule has 3 atom stereocenters. The van der Waals surface area contributed by atoms with Gasteiger partial charge in [0.2, 0.25) is 17.8 Å². The zero-order valence-electron chi connectivity index (χ0n) is 21.2. The smallest absolute Gasteiger partial charge is 0.381 e. The number of hydrogen-bond acceptors (Lipinski definition) is 4. The lowest BCUT2D eigenvalue weighted by Gasteiger charge is -2.30. The number of carbonyl (C=O) groups excluding carboxylic acids is 1. The third-order valence-corrected chi connectivity index (χ3v) is 6.32. The second-order valence-corrected chi connectivity index (χ2v) is 9.37. The van der Waals surface area contributed by atoms with Crippen LogP contribution in [-0.4, -0.2) is 50.3 Å². The molecule has 3 heterocycles. The van der Waals surface area contributed by atoms with E-state index in [4.69, 9.17) is 9.57 Å². The van der Waals surface area contributed by atoms with E-state index >= 15 is 0 Å². The number of aromatic nitrogens is 1. The van der Waals surface area contributed by atoms with E-state index in [0.29, 0.717) is 36.2 Å². The Kier molecular flexibility index (Phi) is 11.1. The summed E-state index contributed by atoms with van der Waals surface area (Å²) in [5.74, 6) is 0.306. The molecule has 0 saturated carbocycles. The zero-order chi connectivity index (χ0) is 25.3. The molecule has 1 amide bonds. The first-order chi connectivity index (χ1) is 16.1. The van der Waals surface area contributed by atoms with Crippen molar-refractivity contribution in [2.24, 2.45) is 11.8 Å². The Hall–Kier alpha value is -1.87. The molecule has 0 aromatic carbocycles. The molecular weight excluding hydrogens is 447 g/mol. The number of carbonyl (C=O) groups is 1. The molecule has 1 aromatic rings. The van der Waals surface area contributed by atoms with Gasteiger partial charge in [0.05, 0.1) is 19.6 Å². The summed E-state index contributed by atoms with van der Waals surface area (Å²) >= 11 is 0. The first-order valence-corrected chi connectivity index (χ1v) is 12.4. The SMILES string of the molecule is CCC.CO[n+]1cc(C(F)(F)F)cc2c1CCN(C(=O)[C@H](C)CCCNC1CCOCC1C)C2. The van der Waals surface area contributed by atoms with Gasteiger partial charge < -0.3 is 15.0 Å². The summed E-state index contributed by atoms with van der Waals surface area (Å²) in [7, 11) is 1.34. The molecule has 1 fully saturated rings. The average Bonchev–Trinajstić information content (AvgIpc) is 2.81. The summed E-state index contributed by atoms with van der Waals surface area (Å²) in [6.07, 6.45) is 0.832. The van der Waals surface area contributed by atoms with Crippen molar-refractivity contribution in [3.05, 3.63) is 29.1 Å². The quantitative estimate of drug-likeness (QED) is 0.469. The molecule has 0 spiro atoms. The van der Waals surface area contributed by atoms with Crippen LogP contribution in [0.4, 0.5) is 13.2 Å². The number of amides is 1. The summed E-state index contributed by atoms with van der Waals surface area (Å²) < 4.78 is 46.3. The van der Waals surface area contributed by atoms with Crippen LogP contribution in [0.1, 0.15) is 70.2 Å². The molecule has 0 bridgehead atoms. The molecule has 34 heavy (non-hydrogen) atoms. The lowest BCUT2D eigenvalue weighted by Crippen LogP contribution is -2.50. The Bertz CT molecular complexity index is 789. The Morgan fingerprint density at radius 2 is 2.09 bits per heavy atom. The van der Waals surface area contributed by atoms with Gasteiger partial charge in [0, 0.05) is 35.4 Å². The minimum Gasteiger partial charge on any atom is -0.381 e. The summed E-state index contributed by atoms with van der Waals surface area (Å²) in [6, 6.07) is 1.59. The fourth-order valence-electron chi connectivity index (χ4n) is 4.41. The molecule has 1 N–H and O–H groups in total. The molecule has 9 heteroatoms. The second-order valence-electron chi connectivity index (χ2n) is 9.37. The van der Waals surface area contributed by atoms with E-state index in [1.165, 1.54) is 18.3 Å². The van der Waals surface area contributed by atoms with E-state index in [1.807, 2.05) is 6.92 Å². The lowest BCUT2D eigenvalue weighted by atomic mass is 9.97. The van der Waals surface area contributed by atoms with Crippen LogP contribution in [0, 0.1) is 11.8 Å². The van der Waals surface area contributed by atoms with Crippen LogP contribution in [0.2, 0.25) is 0 Å². The summed E-state index contributed by atoms with van der Waals surface area (Å²) in [6.45, 7) is 11.4. The van der Waals surface area contributed by atoms with E-state index in [1.54, 1.807) is 4.90 Å². The highest BCUT2D eigenvalue weighted by Gasteiger charge is 2.38. The van der Waals surface area contributed by atoms with Gasteiger partial charge in [-0.2, -0.15) is 13.2 Å². The van der Waals surface area contributed by atoms with Gasteiger partial charge in [-0.15, -0.1) is 0 Å². The van der Waals surface area contributed by atoms with E-state index < -0.39 is 11.7 Å². The molecule has 0 radical (unpaired) electrons. The van der Waals surface area contributed by atoms with Crippen molar-refractivity contribution in [2.75, 3.05) is 33.4 Å². The molecule has 2 aliphatic rings. The van der Waals surface area contributed by atoms with Gasteiger partial charge in [-0.1, -0.05) is 34.1 Å². The Balaban J connectivity index is 0.00000129. The largest absolute Gasteiger partial charge is 0.422 e. The van der Waals surface area contributed by atoms with Crippen LogP contribution in [-0.2, 0) is 28.7 Å². The molecule has 2 unspecified atom stereocenters. The number of halogens is 3. The lowest BCUT2D eigenvalue weighted by molar-refractivity contribution is -0.891. The molecule has 2 aliphatic heterocycles. The first kappa shape index (κ1) is 28.4. The number of hydrogen-bond donors (Lipinski definition) is 1. The molecule has 1 saturated heterocycles. The van der Waals surface area contributed by atoms with Crippen molar-refractivity contribution in [1.82, 2.24) is 10.2 Å². The number of nitrogens with zero attached hydrogens (tertiary/aromatic N) is 2. The van der Waals surface area contributed by atoms with Crippen molar-refractivity contribution in [3.8, 4) is 0 Å². The Morgan fingerprint density at radius 1 is 1.38 bits per heavy atom. The molecule has 6 nitrogen and oxygen atoms in total. The van der Waals surface area contributed by atoms with Crippen LogP contribution < -0.4 is 14.9 Å². The summed E-state index contributed by atoms with van der Waals surface area (Å²) in [5.41, 5.74) is 0.393. The van der Waals surface area contributed by atoms with E-state index in [2.05, 4.69) is 26.1 Å². The predicted octanol–water partition coefficient (Wildman–Crippen LogP) is 3.78. The third-order valence-electron chi connectivity index (χ3n) is 6.32. The monoisotopic (exact) mass is 488 g/mol. The first-order valence-electron chi connectivity index (χ1n) is 12.4. The van der Waals surface area contributed by atoms with Gasteiger partial charge in [-0.05, 0) is 37.8 Å². The number of nitrogens with one attached hydrogen (secondary N) is 1. The standard InChI is InChI=1S/C22H33F3N3O3.C3H8/c1-15(5-4-8-26-19-7-10-31-14-16(19)2)21(29)27-9-6-20-17(12-27)11-18(22(23,24)25)13-28(20)30-3;1-3-2/h11,13,15-16,19,26H,4-10,12,14H2,1-3H3;3H2,1-2H3/q+1;/t15-,16?,19?;/m1./s1. The van der Waals surface area contributed by atoms with Crippen molar-refractivity contribution in [2.45, 2.75) is 78.6 Å². The van der Waals surface area contributed by atoms with Gasteiger partial charge >= 0.3 is 6.18 Å². The van der Waals surface area contributed by atoms with E-state index in [0.717, 1.165) is 51.3 Å². The fraction of sp³-hybridized carbons (Fsp3) is 0.760. The molecule has 194 valence electrons. The van der Waals surface area contributed by atoms with Crippen LogP contribution in [0.5, 0.6) is 0 Å². The highest BCUT2D eigenvalue weighted by atomic mass is 19.4. The minimum absolute atomic E-state index is 0.00790. The van der Waals surface area contributed by atoms with Crippen LogP contribution in [0.25, 0.3) is 0 Å². The number of fused-ring (bicyclic) bond motifs is 1.